The Balaban J connectivity index is 0.000000371. The lowest BCUT2D eigenvalue weighted by Gasteiger charge is -2.10. The summed E-state index contributed by atoms with van der Waals surface area (Å²) in [4.78, 5) is 0. The molecular weight excluding hydrogens is 1410 g/mol. The molecule has 0 aliphatic heterocycles. The number of aryl methyl sites for hydroxylation is 2. The largest absolute Gasteiger partial charge is 0.508 e. The summed E-state index contributed by atoms with van der Waals surface area (Å²) in [6.07, 6.45) is 0. The van der Waals surface area contributed by atoms with Crippen LogP contribution in [-0.4, -0.2) is 53.1 Å². The predicted molar refractivity (Wildman–Crippen MR) is 411 cm³/mol. The lowest BCUT2D eigenvalue weighted by molar-refractivity contribution is 0.410. The molecule has 0 saturated carbocycles. The topological polar surface area (TPSA) is 191 Å². The summed E-state index contributed by atoms with van der Waals surface area (Å²) in [7, 11) is 1.62. The van der Waals surface area contributed by atoms with Crippen LogP contribution in [0.2, 0.25) is 10.0 Å². The Labute approximate surface area is 599 Å². The van der Waals surface area contributed by atoms with Crippen molar-refractivity contribution in [3.63, 3.8) is 0 Å². The van der Waals surface area contributed by atoms with Crippen LogP contribution in [0.3, 0.4) is 0 Å². The van der Waals surface area contributed by atoms with Crippen LogP contribution in [0.4, 0.5) is 0 Å². The van der Waals surface area contributed by atoms with Gasteiger partial charge in [-0.3, -0.25) is 0 Å². The summed E-state index contributed by atoms with van der Waals surface area (Å²) >= 11 is 17.1. The Kier molecular flexibility index (Phi) is 36.8. The number of hydrogen-bond donors (Lipinski definition) is 9. The van der Waals surface area contributed by atoms with Crippen molar-refractivity contribution in [1.29, 1.82) is 0 Å². The Morgan fingerprint density at radius 1 is 0.337 bits per heavy atom. The molecule has 0 bridgehead atoms. The first-order chi connectivity index (χ1) is 44.4. The highest BCUT2D eigenvalue weighted by Crippen LogP contribution is 2.37. The summed E-state index contributed by atoms with van der Waals surface area (Å²) in [5.41, 5.74) is 12.2. The zero-order valence-electron chi connectivity index (χ0n) is 58.7. The minimum Gasteiger partial charge on any atom is -0.508 e. The molecule has 0 spiro atoms. The van der Waals surface area contributed by atoms with E-state index < -0.39 is 0 Å². The highest BCUT2D eigenvalue weighted by Gasteiger charge is 2.13. The molecule has 0 unspecified atom stereocenters. The van der Waals surface area contributed by atoms with Crippen molar-refractivity contribution in [3.8, 4) is 68.6 Å². The second-order valence-electron chi connectivity index (χ2n) is 25.4. The number of phenolic OH excluding ortho intramolecular Hbond substituents is 9. The molecule has 9 aromatic carbocycles. The van der Waals surface area contributed by atoms with Crippen LogP contribution in [0.1, 0.15) is 214 Å². The highest BCUT2D eigenvalue weighted by molar-refractivity contribution is 14.1. The maximum Gasteiger partial charge on any atom is 0.137 e. The lowest BCUT2D eigenvalue weighted by atomic mass is 9.96. The van der Waals surface area contributed by atoms with Crippen LogP contribution in [0, 0.1) is 17.4 Å². The molecule has 9 aromatic rings. The average molecular weight is 1510 g/mol. The fourth-order valence-corrected chi connectivity index (χ4v) is 10.6. The summed E-state index contributed by atoms with van der Waals surface area (Å²) in [6.45, 7) is 36.7. The molecular formula is C81H102BrCl2IO10. The molecule has 9 N–H and O–H groups in total. The van der Waals surface area contributed by atoms with E-state index in [0.29, 0.717) is 80.0 Å². The van der Waals surface area contributed by atoms with Gasteiger partial charge in [-0.1, -0.05) is 216 Å². The normalized spacial score (nSPS) is 10.6. The second-order valence-corrected chi connectivity index (χ2v) is 28.4. The minimum atomic E-state index is 0.135. The van der Waals surface area contributed by atoms with Gasteiger partial charge in [0.25, 0.3) is 0 Å². The van der Waals surface area contributed by atoms with E-state index in [1.807, 2.05) is 134 Å². The van der Waals surface area contributed by atoms with Crippen LogP contribution in [0.15, 0.2) is 174 Å². The zero-order chi connectivity index (χ0) is 72.1. The van der Waals surface area contributed by atoms with Crippen molar-refractivity contribution in [3.05, 3.63) is 244 Å². The van der Waals surface area contributed by atoms with E-state index in [9.17, 15) is 40.9 Å². The Bertz CT molecular complexity index is 3550. The van der Waals surface area contributed by atoms with Crippen molar-refractivity contribution >= 4 is 61.7 Å². The number of hydrogen-bond acceptors (Lipinski definition) is 10. The van der Waals surface area contributed by atoms with E-state index in [1.54, 1.807) is 61.7 Å². The van der Waals surface area contributed by atoms with Gasteiger partial charge in [-0.2, -0.15) is 0 Å². The number of rotatable bonds is 10. The van der Waals surface area contributed by atoms with Crippen LogP contribution < -0.4 is 4.74 Å². The first kappa shape index (κ1) is 83.9. The van der Waals surface area contributed by atoms with Crippen LogP contribution in [0.5, 0.6) is 57.5 Å². The van der Waals surface area contributed by atoms with Crippen molar-refractivity contribution in [2.75, 3.05) is 7.11 Å². The molecule has 0 saturated heterocycles. The van der Waals surface area contributed by atoms with Gasteiger partial charge < -0.3 is 50.7 Å². The standard InChI is InChI=1S/C15H16O.C10H14O2.2C10H14O.C9H11BrO.C9H10Cl2O.C9H11IO.C9H12O2/c1-11(2)14-10-13(8-9-15(14)16)12-6-4-3-5-7-12;1-7(2)9-6-8(12-3)4-5-10(9)11;1-7(2)9-6-8(3)4-5-10(9)11;1-7(2)9-5-4-8(3)6-10(9)11;1-6(2)8-5-7(10)3-4-9(8)11;1-5(2)7-3-6(10)4-8(11)9(7)12;2*1-6(2)8-5-7(10)3-4-9(8)11/h3-11,16H,1-2H3;4-7,11H,1-3H3;2*4-7,11H,1-3H3;3-6,11H,1-2H3;3-5,12H,1-2H3;3-6,11H,1-2H3;3-6,10-11H,1-2H3. The molecule has 0 atom stereocenters. The van der Waals surface area contributed by atoms with Crippen LogP contribution in [0.25, 0.3) is 11.1 Å². The highest BCUT2D eigenvalue weighted by atomic mass is 127. The Morgan fingerprint density at radius 3 is 1.17 bits per heavy atom. The molecule has 14 heteroatoms. The van der Waals surface area contributed by atoms with Crippen molar-refractivity contribution in [2.24, 2.45) is 0 Å². The van der Waals surface area contributed by atoms with Gasteiger partial charge in [0.15, 0.2) is 0 Å². The third-order valence-corrected chi connectivity index (χ3v) is 16.4. The van der Waals surface area contributed by atoms with Gasteiger partial charge in [-0.05, 0) is 243 Å². The third kappa shape index (κ3) is 29.3. The van der Waals surface area contributed by atoms with E-state index in [4.69, 9.17) is 33.0 Å². The first-order valence-electron chi connectivity index (χ1n) is 31.9. The molecule has 0 aliphatic carbocycles. The maximum absolute atomic E-state index is 9.75. The second kappa shape index (κ2) is 41.7. The first-order valence-corrected chi connectivity index (χ1v) is 34.5. The van der Waals surface area contributed by atoms with E-state index in [2.05, 4.69) is 126 Å². The monoisotopic (exact) mass is 1510 g/mol. The molecule has 0 radical (unpaired) electrons. The number of methoxy groups -OCH3 is 1. The molecule has 0 aliphatic rings. The Hall–Kier alpha value is -7.23. The van der Waals surface area contributed by atoms with Crippen molar-refractivity contribution < 1.29 is 50.7 Å². The molecule has 514 valence electrons. The molecule has 9 rings (SSSR count). The lowest BCUT2D eigenvalue weighted by Crippen LogP contribution is -1.90. The van der Waals surface area contributed by atoms with Crippen LogP contribution in [-0.2, 0) is 0 Å². The fourth-order valence-electron chi connectivity index (χ4n) is 9.23. The number of ether oxygens (including phenoxy) is 1. The Morgan fingerprint density at radius 2 is 0.726 bits per heavy atom. The summed E-state index contributed by atoms with van der Waals surface area (Å²) in [5.74, 6) is 6.38. The average Bonchev–Trinajstić information content (AvgIpc) is 2.21. The quantitative estimate of drug-likeness (QED) is 0.0470. The molecule has 0 aromatic heterocycles. The number of halogens is 4. The van der Waals surface area contributed by atoms with Gasteiger partial charge in [0, 0.05) is 24.2 Å². The van der Waals surface area contributed by atoms with Gasteiger partial charge >= 0.3 is 0 Å². The van der Waals surface area contributed by atoms with Crippen LogP contribution >= 0.6 is 61.7 Å². The van der Waals surface area contributed by atoms with E-state index in [-0.39, 0.29) is 29.1 Å². The van der Waals surface area contributed by atoms with Gasteiger partial charge in [0.2, 0.25) is 0 Å². The van der Waals surface area contributed by atoms with E-state index in [0.717, 1.165) is 65.9 Å². The van der Waals surface area contributed by atoms with Gasteiger partial charge in [0.05, 0.1) is 12.1 Å². The summed E-state index contributed by atoms with van der Waals surface area (Å²) < 4.78 is 7.23. The SMILES string of the molecule is CC(C)c1cc(-c2ccccc2)ccc1O.CC(C)c1cc(Br)ccc1O.CC(C)c1cc(Cl)cc(Cl)c1O.CC(C)c1cc(I)ccc1O.CC(C)c1cc(O)ccc1O.COc1ccc(O)c(C(C)C)c1.Cc1ccc(C(C)C)c(O)c1.Cc1ccc(O)c(C(C)C)c1. The predicted octanol–water partition coefficient (Wildman–Crippen LogP) is 24.8. The van der Waals surface area contributed by atoms with E-state index in [1.165, 1.54) is 32.9 Å². The third-order valence-electron chi connectivity index (χ3n) is 14.8. The molecule has 0 amide bonds. The van der Waals surface area contributed by atoms with Gasteiger partial charge in [-0.15, -0.1) is 0 Å². The van der Waals surface area contributed by atoms with E-state index >= 15 is 0 Å². The van der Waals surface area contributed by atoms with Crippen molar-refractivity contribution in [1.82, 2.24) is 0 Å². The fraction of sp³-hybridized carbons (Fsp3) is 0.333. The molecule has 95 heavy (non-hydrogen) atoms. The smallest absolute Gasteiger partial charge is 0.137 e. The zero-order valence-corrected chi connectivity index (χ0v) is 64.0. The van der Waals surface area contributed by atoms with Gasteiger partial charge in [0.1, 0.15) is 57.5 Å². The molecule has 0 heterocycles. The summed E-state index contributed by atoms with van der Waals surface area (Å²) in [6, 6.07) is 51.8. The van der Waals surface area contributed by atoms with Gasteiger partial charge in [-0.25, -0.2) is 0 Å². The number of phenols is 9. The maximum atomic E-state index is 9.75. The molecule has 10 nitrogen and oxygen atoms in total. The van der Waals surface area contributed by atoms with Crippen molar-refractivity contribution in [2.45, 2.75) is 172 Å². The molecule has 0 fully saturated rings. The number of benzene rings is 9. The minimum absolute atomic E-state index is 0.135. The number of aromatic hydroxyl groups is 9. The summed E-state index contributed by atoms with van der Waals surface area (Å²) in [5, 5.41) is 85.6.